The second-order valence-electron chi connectivity index (χ2n) is 3.10. The molecule has 1 heterocycles. The molecule has 0 aromatic heterocycles. The van der Waals surface area contributed by atoms with Gasteiger partial charge in [-0.05, 0) is 13.8 Å². The quantitative estimate of drug-likeness (QED) is 0.434. The summed E-state index contributed by atoms with van der Waals surface area (Å²) in [5, 5.41) is 3.68. The molecule has 1 aliphatic rings. The predicted molar refractivity (Wildman–Crippen MR) is 40.7 cm³/mol. The molecule has 4 heteroatoms. The maximum absolute atomic E-state index is 5.74. The Bertz CT molecular complexity index is 104. The summed E-state index contributed by atoms with van der Waals surface area (Å²) in [7, 11) is 0. The monoisotopic (exact) mass is 144 g/mol. The van der Waals surface area contributed by atoms with Crippen LogP contribution in [0.15, 0.2) is 0 Å². The molecule has 2 unspecified atom stereocenters. The van der Waals surface area contributed by atoms with Crippen LogP contribution in [0.25, 0.3) is 0 Å². The van der Waals surface area contributed by atoms with Crippen LogP contribution >= 0.6 is 0 Å². The number of nitrogens with zero attached hydrogens (tertiary/aromatic N) is 2. The Morgan fingerprint density at radius 2 is 1.50 bits per heavy atom. The van der Waals surface area contributed by atoms with Crippen LogP contribution < -0.4 is 11.7 Å². The van der Waals surface area contributed by atoms with E-state index in [0.717, 1.165) is 13.1 Å². The molecule has 1 rings (SSSR count). The molecule has 0 aromatic carbocycles. The molecule has 0 aromatic rings. The van der Waals surface area contributed by atoms with Crippen molar-refractivity contribution in [3.05, 3.63) is 0 Å². The first kappa shape index (κ1) is 7.94. The molecule has 0 aliphatic carbocycles. The van der Waals surface area contributed by atoms with Crippen LogP contribution in [0.1, 0.15) is 13.8 Å². The van der Waals surface area contributed by atoms with Crippen molar-refractivity contribution in [1.82, 2.24) is 10.0 Å². The molecule has 0 radical (unpaired) electrons. The largest absolute Gasteiger partial charge is 0.269 e. The van der Waals surface area contributed by atoms with Crippen molar-refractivity contribution in [2.24, 2.45) is 11.7 Å². The maximum Gasteiger partial charge on any atom is 0.0357 e. The van der Waals surface area contributed by atoms with Crippen LogP contribution in [0.2, 0.25) is 0 Å². The second kappa shape index (κ2) is 2.84. The summed E-state index contributed by atoms with van der Waals surface area (Å²) < 4.78 is 0. The van der Waals surface area contributed by atoms with Gasteiger partial charge in [-0.2, -0.15) is 0 Å². The Morgan fingerprint density at radius 3 is 1.90 bits per heavy atom. The van der Waals surface area contributed by atoms with E-state index in [9.17, 15) is 0 Å². The van der Waals surface area contributed by atoms with Crippen molar-refractivity contribution in [3.8, 4) is 0 Å². The van der Waals surface area contributed by atoms with E-state index in [1.165, 1.54) is 0 Å². The molecule has 2 atom stereocenters. The van der Waals surface area contributed by atoms with Gasteiger partial charge in [0.25, 0.3) is 0 Å². The van der Waals surface area contributed by atoms with Crippen molar-refractivity contribution in [1.29, 1.82) is 0 Å². The highest BCUT2D eigenvalue weighted by Gasteiger charge is 2.24. The van der Waals surface area contributed by atoms with E-state index in [4.69, 9.17) is 11.7 Å². The Kier molecular flexibility index (Phi) is 2.25. The molecule has 1 aliphatic heterocycles. The van der Waals surface area contributed by atoms with Gasteiger partial charge >= 0.3 is 0 Å². The fourth-order valence-corrected chi connectivity index (χ4v) is 1.38. The zero-order valence-electron chi connectivity index (χ0n) is 6.62. The average molecular weight is 144 g/mol. The first-order valence-electron chi connectivity index (χ1n) is 3.64. The van der Waals surface area contributed by atoms with E-state index in [1.54, 1.807) is 0 Å². The minimum Gasteiger partial charge on any atom is -0.269 e. The van der Waals surface area contributed by atoms with Gasteiger partial charge in [0.05, 0.1) is 0 Å². The van der Waals surface area contributed by atoms with Crippen LogP contribution in [-0.4, -0.2) is 35.2 Å². The van der Waals surface area contributed by atoms with Crippen molar-refractivity contribution in [2.45, 2.75) is 25.9 Å². The summed E-state index contributed by atoms with van der Waals surface area (Å²) in [6, 6.07) is 0.738. The van der Waals surface area contributed by atoms with Crippen LogP contribution in [0.5, 0.6) is 0 Å². The number of hydrogen-bond acceptors (Lipinski definition) is 4. The Labute approximate surface area is 61.7 Å². The summed E-state index contributed by atoms with van der Waals surface area (Å²) in [6.07, 6.45) is 0. The molecular formula is C6H16N4. The van der Waals surface area contributed by atoms with Gasteiger partial charge in [0.1, 0.15) is 0 Å². The van der Waals surface area contributed by atoms with E-state index in [1.807, 2.05) is 10.0 Å². The lowest BCUT2D eigenvalue weighted by atomic mass is 10.2. The van der Waals surface area contributed by atoms with E-state index in [2.05, 4.69) is 13.8 Å². The fourth-order valence-electron chi connectivity index (χ4n) is 1.38. The van der Waals surface area contributed by atoms with Gasteiger partial charge in [-0.3, -0.25) is 11.7 Å². The highest BCUT2D eigenvalue weighted by Crippen LogP contribution is 2.07. The Morgan fingerprint density at radius 1 is 1.10 bits per heavy atom. The lowest BCUT2D eigenvalue weighted by Gasteiger charge is -2.39. The molecule has 60 valence electrons. The Hall–Kier alpha value is -0.160. The van der Waals surface area contributed by atoms with Gasteiger partial charge in [0.2, 0.25) is 0 Å². The minimum atomic E-state index is 0.369. The second-order valence-corrected chi connectivity index (χ2v) is 3.10. The number of hydrazine groups is 2. The lowest BCUT2D eigenvalue weighted by Crippen LogP contribution is -2.61. The normalized spacial score (nSPS) is 38.4. The molecule has 10 heavy (non-hydrogen) atoms. The van der Waals surface area contributed by atoms with E-state index >= 15 is 0 Å². The zero-order chi connectivity index (χ0) is 7.72. The maximum atomic E-state index is 5.74. The third kappa shape index (κ3) is 1.46. The molecule has 4 N–H and O–H groups in total. The number of hydrogen-bond donors (Lipinski definition) is 2. The molecule has 1 fully saturated rings. The molecule has 0 spiro atoms. The van der Waals surface area contributed by atoms with Gasteiger partial charge in [-0.15, -0.1) is 0 Å². The molecule has 4 nitrogen and oxygen atoms in total. The van der Waals surface area contributed by atoms with Crippen LogP contribution in [0.4, 0.5) is 0 Å². The first-order chi connectivity index (χ1) is 4.61. The zero-order valence-corrected chi connectivity index (χ0v) is 6.62. The highest BCUT2D eigenvalue weighted by atomic mass is 15.5. The van der Waals surface area contributed by atoms with Crippen LogP contribution in [-0.2, 0) is 0 Å². The van der Waals surface area contributed by atoms with Gasteiger partial charge in [0, 0.05) is 25.2 Å². The van der Waals surface area contributed by atoms with Crippen molar-refractivity contribution in [2.75, 3.05) is 13.1 Å². The van der Waals surface area contributed by atoms with Crippen molar-refractivity contribution in [3.63, 3.8) is 0 Å². The van der Waals surface area contributed by atoms with Gasteiger partial charge < -0.3 is 0 Å². The van der Waals surface area contributed by atoms with Crippen molar-refractivity contribution >= 4 is 0 Å². The highest BCUT2D eigenvalue weighted by molar-refractivity contribution is 4.78. The van der Waals surface area contributed by atoms with E-state index < -0.39 is 0 Å². The number of piperazine rings is 1. The van der Waals surface area contributed by atoms with Gasteiger partial charge in [-0.25, -0.2) is 10.0 Å². The SMILES string of the molecule is CC1CN(N)CC(C)N1N. The summed E-state index contributed by atoms with van der Waals surface area (Å²) >= 11 is 0. The topological polar surface area (TPSA) is 58.5 Å². The minimum absolute atomic E-state index is 0.369. The smallest absolute Gasteiger partial charge is 0.0357 e. The summed E-state index contributed by atoms with van der Waals surface area (Å²) in [4.78, 5) is 0. The summed E-state index contributed by atoms with van der Waals surface area (Å²) in [5.41, 5.74) is 0. The fraction of sp³-hybridized carbons (Fsp3) is 1.00. The van der Waals surface area contributed by atoms with E-state index in [0.29, 0.717) is 12.1 Å². The predicted octanol–water partition coefficient (Wildman–Crippen LogP) is -0.872. The number of nitrogens with two attached hydrogens (primary N) is 2. The molecule has 0 saturated carbocycles. The summed E-state index contributed by atoms with van der Waals surface area (Å²) in [6.45, 7) is 5.88. The van der Waals surface area contributed by atoms with Crippen molar-refractivity contribution < 1.29 is 0 Å². The molecule has 0 bridgehead atoms. The summed E-state index contributed by atoms with van der Waals surface area (Å²) in [5.74, 6) is 11.4. The first-order valence-corrected chi connectivity index (χ1v) is 3.64. The van der Waals surface area contributed by atoms with E-state index in [-0.39, 0.29) is 0 Å². The molecule has 1 saturated heterocycles. The number of rotatable bonds is 0. The van der Waals surface area contributed by atoms with Crippen LogP contribution in [0.3, 0.4) is 0 Å². The molecule has 0 amide bonds. The third-order valence-electron chi connectivity index (χ3n) is 2.02. The third-order valence-corrected chi connectivity index (χ3v) is 2.02. The Balaban J connectivity index is 2.49. The van der Waals surface area contributed by atoms with Crippen LogP contribution in [0, 0.1) is 0 Å². The average Bonchev–Trinajstić information content (AvgIpc) is 1.82. The molecular weight excluding hydrogens is 128 g/mol. The lowest BCUT2D eigenvalue weighted by molar-refractivity contribution is 0.0387. The van der Waals surface area contributed by atoms with Gasteiger partial charge in [-0.1, -0.05) is 0 Å². The standard InChI is InChI=1S/C6H16N4/c1-5-3-9(7)4-6(2)10(5)8/h5-6H,3-4,7-8H2,1-2H3. The van der Waals surface area contributed by atoms with Gasteiger partial charge in [0.15, 0.2) is 0 Å².